The maximum absolute atomic E-state index is 12.7. The SMILES string of the molecule is COC(=O)[C@@H](NC(=O)[C@H](Cc1ccc(O)cc1)NC(=O)OC(C)(C)C)C(C)O. The van der Waals surface area contributed by atoms with Crippen LogP contribution in [0.1, 0.15) is 33.3 Å². The molecule has 0 saturated carbocycles. The van der Waals surface area contributed by atoms with Crippen molar-refractivity contribution in [2.24, 2.45) is 0 Å². The maximum Gasteiger partial charge on any atom is 0.408 e. The largest absolute Gasteiger partial charge is 0.508 e. The van der Waals surface area contributed by atoms with Gasteiger partial charge in [-0.1, -0.05) is 12.1 Å². The minimum absolute atomic E-state index is 0.0599. The van der Waals surface area contributed by atoms with Crippen molar-refractivity contribution >= 4 is 18.0 Å². The van der Waals surface area contributed by atoms with Gasteiger partial charge in [-0.15, -0.1) is 0 Å². The minimum atomic E-state index is -1.29. The number of benzene rings is 1. The second-order valence-electron chi connectivity index (χ2n) is 7.32. The molecule has 4 N–H and O–H groups in total. The van der Waals surface area contributed by atoms with Crippen LogP contribution in [0.2, 0.25) is 0 Å². The van der Waals surface area contributed by atoms with Crippen molar-refractivity contribution in [3.05, 3.63) is 29.8 Å². The first-order valence-corrected chi connectivity index (χ1v) is 8.76. The van der Waals surface area contributed by atoms with Crippen molar-refractivity contribution in [1.82, 2.24) is 10.6 Å². The minimum Gasteiger partial charge on any atom is -0.508 e. The lowest BCUT2D eigenvalue weighted by Gasteiger charge is -2.25. The van der Waals surface area contributed by atoms with Crippen molar-refractivity contribution in [3.63, 3.8) is 0 Å². The summed E-state index contributed by atoms with van der Waals surface area (Å²) < 4.78 is 9.76. The van der Waals surface area contributed by atoms with Gasteiger partial charge in [-0.3, -0.25) is 4.79 Å². The quantitative estimate of drug-likeness (QED) is 0.502. The number of hydrogen-bond donors (Lipinski definition) is 4. The molecule has 0 saturated heterocycles. The van der Waals surface area contributed by atoms with Gasteiger partial charge in [0.15, 0.2) is 6.04 Å². The Morgan fingerprint density at radius 1 is 1.11 bits per heavy atom. The fraction of sp³-hybridized carbons (Fsp3) is 0.526. The lowest BCUT2D eigenvalue weighted by Crippen LogP contribution is -2.56. The summed E-state index contributed by atoms with van der Waals surface area (Å²) in [6.45, 7) is 6.38. The summed E-state index contributed by atoms with van der Waals surface area (Å²) in [5.74, 6) is -1.45. The monoisotopic (exact) mass is 396 g/mol. The van der Waals surface area contributed by atoms with E-state index in [1.807, 2.05) is 0 Å². The zero-order valence-electron chi connectivity index (χ0n) is 16.7. The molecule has 1 unspecified atom stereocenters. The summed E-state index contributed by atoms with van der Waals surface area (Å²) >= 11 is 0. The van der Waals surface area contributed by atoms with E-state index in [1.165, 1.54) is 19.1 Å². The highest BCUT2D eigenvalue weighted by Crippen LogP contribution is 2.13. The standard InChI is InChI=1S/C19H28N2O7/c1-11(22)15(17(25)27-5)21-16(24)14(20-18(26)28-19(2,3)4)10-12-6-8-13(23)9-7-12/h6-9,11,14-15,22-23H,10H2,1-5H3,(H,20,26)(H,21,24)/t11?,14-,15-/m0/s1. The lowest BCUT2D eigenvalue weighted by molar-refractivity contribution is -0.148. The van der Waals surface area contributed by atoms with Crippen LogP contribution in [0.25, 0.3) is 0 Å². The molecule has 0 aliphatic carbocycles. The number of rotatable bonds is 7. The third-order valence-corrected chi connectivity index (χ3v) is 3.62. The lowest BCUT2D eigenvalue weighted by atomic mass is 10.0. The number of nitrogens with one attached hydrogen (secondary N) is 2. The number of carbonyl (C=O) groups excluding carboxylic acids is 3. The zero-order chi connectivity index (χ0) is 21.5. The predicted molar refractivity (Wildman–Crippen MR) is 101 cm³/mol. The molecule has 9 heteroatoms. The number of alkyl carbamates (subject to hydrolysis) is 1. The summed E-state index contributed by atoms with van der Waals surface area (Å²) in [6, 6.07) is 3.71. The number of hydrogen-bond acceptors (Lipinski definition) is 7. The topological polar surface area (TPSA) is 134 Å². The number of aliphatic hydroxyl groups is 1. The molecule has 0 heterocycles. The Hall–Kier alpha value is -2.81. The van der Waals surface area contributed by atoms with Gasteiger partial charge in [0, 0.05) is 6.42 Å². The van der Waals surface area contributed by atoms with E-state index in [0.717, 1.165) is 7.11 Å². The Labute approximate surface area is 164 Å². The molecule has 156 valence electrons. The summed E-state index contributed by atoms with van der Waals surface area (Å²) in [6.07, 6.45) is -1.94. The molecule has 0 aliphatic heterocycles. The molecule has 1 aromatic rings. The number of esters is 1. The van der Waals surface area contributed by atoms with Gasteiger partial charge in [0.25, 0.3) is 0 Å². The molecule has 0 radical (unpaired) electrons. The van der Waals surface area contributed by atoms with Gasteiger partial charge >= 0.3 is 12.1 Å². The van der Waals surface area contributed by atoms with Gasteiger partial charge in [-0.2, -0.15) is 0 Å². The number of aliphatic hydroxyl groups excluding tert-OH is 1. The zero-order valence-corrected chi connectivity index (χ0v) is 16.7. The van der Waals surface area contributed by atoms with Crippen LogP contribution in [0.5, 0.6) is 5.75 Å². The first-order valence-electron chi connectivity index (χ1n) is 8.76. The highest BCUT2D eigenvalue weighted by Gasteiger charge is 2.31. The van der Waals surface area contributed by atoms with Crippen LogP contribution in [0, 0.1) is 0 Å². The summed E-state index contributed by atoms with van der Waals surface area (Å²) in [5.41, 5.74) is -0.113. The maximum atomic E-state index is 12.7. The fourth-order valence-corrected chi connectivity index (χ4v) is 2.28. The van der Waals surface area contributed by atoms with Crippen LogP contribution < -0.4 is 10.6 Å². The van der Waals surface area contributed by atoms with Crippen LogP contribution in [-0.2, 0) is 25.5 Å². The predicted octanol–water partition coefficient (Wildman–Crippen LogP) is 0.867. The number of ether oxygens (including phenoxy) is 2. The van der Waals surface area contributed by atoms with Crippen molar-refractivity contribution < 1.29 is 34.1 Å². The molecule has 3 atom stereocenters. The average molecular weight is 396 g/mol. The first kappa shape index (κ1) is 23.2. The van der Waals surface area contributed by atoms with Gasteiger partial charge in [0.05, 0.1) is 13.2 Å². The van der Waals surface area contributed by atoms with E-state index in [4.69, 9.17) is 4.74 Å². The number of carbonyl (C=O) groups is 3. The summed E-state index contributed by atoms with van der Waals surface area (Å²) in [4.78, 5) is 36.6. The molecule has 0 aromatic heterocycles. The van der Waals surface area contributed by atoms with E-state index in [-0.39, 0.29) is 12.2 Å². The Kier molecular flexibility index (Phi) is 8.24. The molecule has 2 amide bonds. The Balaban J connectivity index is 3.00. The second kappa shape index (κ2) is 9.93. The molecule has 0 aliphatic rings. The van der Waals surface area contributed by atoms with Crippen molar-refractivity contribution in [3.8, 4) is 5.75 Å². The van der Waals surface area contributed by atoms with Gasteiger partial charge in [-0.05, 0) is 45.4 Å². The van der Waals surface area contributed by atoms with E-state index < -0.39 is 41.8 Å². The van der Waals surface area contributed by atoms with Gasteiger partial charge in [0.1, 0.15) is 17.4 Å². The molecule has 0 fully saturated rings. The van der Waals surface area contributed by atoms with Crippen LogP contribution in [0.15, 0.2) is 24.3 Å². The van der Waals surface area contributed by atoms with E-state index in [9.17, 15) is 24.6 Å². The molecule has 1 aromatic carbocycles. The Bertz CT molecular complexity index is 681. The van der Waals surface area contributed by atoms with Gasteiger partial charge < -0.3 is 30.3 Å². The highest BCUT2D eigenvalue weighted by atomic mass is 16.6. The Morgan fingerprint density at radius 3 is 2.14 bits per heavy atom. The third kappa shape index (κ3) is 7.83. The number of phenolic OH excluding ortho intramolecular Hbond substituents is 1. The van der Waals surface area contributed by atoms with Crippen molar-refractivity contribution in [2.45, 2.75) is 57.9 Å². The van der Waals surface area contributed by atoms with Crippen LogP contribution in [-0.4, -0.2) is 59.1 Å². The van der Waals surface area contributed by atoms with Crippen LogP contribution >= 0.6 is 0 Å². The van der Waals surface area contributed by atoms with E-state index in [1.54, 1.807) is 32.9 Å². The molecule has 0 bridgehead atoms. The third-order valence-electron chi connectivity index (χ3n) is 3.62. The second-order valence-corrected chi connectivity index (χ2v) is 7.32. The molecule has 28 heavy (non-hydrogen) atoms. The van der Waals surface area contributed by atoms with E-state index in [0.29, 0.717) is 5.56 Å². The number of amides is 2. The smallest absolute Gasteiger partial charge is 0.408 e. The van der Waals surface area contributed by atoms with E-state index in [2.05, 4.69) is 15.4 Å². The molecular weight excluding hydrogens is 368 g/mol. The fourth-order valence-electron chi connectivity index (χ4n) is 2.28. The molecule has 0 spiro atoms. The number of phenols is 1. The summed E-state index contributed by atoms with van der Waals surface area (Å²) in [5, 5.41) is 24.0. The molecular formula is C19H28N2O7. The molecule has 9 nitrogen and oxygen atoms in total. The Morgan fingerprint density at radius 2 is 1.68 bits per heavy atom. The summed E-state index contributed by atoms with van der Waals surface area (Å²) in [7, 11) is 1.14. The van der Waals surface area contributed by atoms with Crippen molar-refractivity contribution in [2.75, 3.05) is 7.11 Å². The van der Waals surface area contributed by atoms with Gasteiger partial charge in [0.2, 0.25) is 5.91 Å². The number of methoxy groups -OCH3 is 1. The normalized spacial score (nSPS) is 14.4. The first-order chi connectivity index (χ1) is 12.9. The van der Waals surface area contributed by atoms with E-state index >= 15 is 0 Å². The average Bonchev–Trinajstić information content (AvgIpc) is 2.58. The van der Waals surface area contributed by atoms with Crippen LogP contribution in [0.3, 0.4) is 0 Å². The van der Waals surface area contributed by atoms with Crippen LogP contribution in [0.4, 0.5) is 4.79 Å². The van der Waals surface area contributed by atoms with Gasteiger partial charge in [-0.25, -0.2) is 9.59 Å². The van der Waals surface area contributed by atoms with Crippen molar-refractivity contribution in [1.29, 1.82) is 0 Å². The highest BCUT2D eigenvalue weighted by molar-refractivity contribution is 5.90. The molecule has 1 rings (SSSR count). The number of aromatic hydroxyl groups is 1.